The van der Waals surface area contributed by atoms with Gasteiger partial charge in [-0.1, -0.05) is 13.0 Å². The van der Waals surface area contributed by atoms with E-state index in [4.69, 9.17) is 0 Å². The Morgan fingerprint density at radius 2 is 2.47 bits per heavy atom. The van der Waals surface area contributed by atoms with Crippen LogP contribution in [-0.4, -0.2) is 16.6 Å². The van der Waals surface area contributed by atoms with Crippen molar-refractivity contribution in [3.8, 4) is 0 Å². The Balaban J connectivity index is 2.35. The normalized spacial score (nSPS) is 12.7. The van der Waals surface area contributed by atoms with Crippen LogP contribution in [0.4, 0.5) is 5.95 Å². The number of thiophene rings is 1. The summed E-state index contributed by atoms with van der Waals surface area (Å²) in [5.74, 6) is 0.926. The Kier molecular flexibility index (Phi) is 3.06. The molecule has 3 nitrogen and oxygen atoms in total. The van der Waals surface area contributed by atoms with E-state index in [1.54, 1.807) is 11.3 Å². The fraction of sp³-hybridized carbons (Fsp3) is 0.364. The van der Waals surface area contributed by atoms with Gasteiger partial charge in [0.25, 0.3) is 0 Å². The summed E-state index contributed by atoms with van der Waals surface area (Å²) in [5, 5.41) is 5.23. The molecular formula is C11H15N3S. The average Bonchev–Trinajstić information content (AvgIpc) is 2.89. The predicted octanol–water partition coefficient (Wildman–Crippen LogP) is 2.99. The third-order valence-electron chi connectivity index (χ3n) is 2.49. The van der Waals surface area contributed by atoms with E-state index in [0.717, 1.165) is 12.4 Å². The standard InChI is InChI=1S/C11H15N3S/c1-3-9(10-5-4-8-15-10)14-7-6-13-11(14)12-2/h4-9H,3H2,1-2H3,(H,12,13). The first-order chi connectivity index (χ1) is 7.36. The molecule has 0 saturated heterocycles. The fourth-order valence-electron chi connectivity index (χ4n) is 1.77. The number of aromatic nitrogens is 2. The molecule has 1 atom stereocenters. The maximum absolute atomic E-state index is 4.27. The third kappa shape index (κ3) is 1.90. The first-order valence-electron chi connectivity index (χ1n) is 5.10. The van der Waals surface area contributed by atoms with Gasteiger partial charge >= 0.3 is 0 Å². The summed E-state index contributed by atoms with van der Waals surface area (Å²) < 4.78 is 2.19. The maximum atomic E-state index is 4.27. The van der Waals surface area contributed by atoms with Gasteiger partial charge in [0.1, 0.15) is 0 Å². The Hall–Kier alpha value is -1.29. The van der Waals surface area contributed by atoms with Crippen LogP contribution in [0.5, 0.6) is 0 Å². The van der Waals surface area contributed by atoms with Gasteiger partial charge in [0.05, 0.1) is 6.04 Å². The molecule has 4 heteroatoms. The van der Waals surface area contributed by atoms with Gasteiger partial charge in [0.15, 0.2) is 0 Å². The molecule has 2 heterocycles. The molecule has 0 aliphatic rings. The van der Waals surface area contributed by atoms with Crippen LogP contribution in [0.2, 0.25) is 0 Å². The quantitative estimate of drug-likeness (QED) is 0.860. The van der Waals surface area contributed by atoms with Crippen LogP contribution in [0.1, 0.15) is 24.3 Å². The highest BCUT2D eigenvalue weighted by Crippen LogP contribution is 2.28. The van der Waals surface area contributed by atoms with Crippen LogP contribution in [-0.2, 0) is 0 Å². The second kappa shape index (κ2) is 4.49. The lowest BCUT2D eigenvalue weighted by atomic mass is 10.2. The summed E-state index contributed by atoms with van der Waals surface area (Å²) in [7, 11) is 1.90. The summed E-state index contributed by atoms with van der Waals surface area (Å²) in [4.78, 5) is 5.65. The van der Waals surface area contributed by atoms with Crippen LogP contribution in [0.15, 0.2) is 29.9 Å². The molecule has 0 aliphatic heterocycles. The zero-order valence-corrected chi connectivity index (χ0v) is 9.79. The van der Waals surface area contributed by atoms with Crippen LogP contribution >= 0.6 is 11.3 Å². The van der Waals surface area contributed by atoms with Gasteiger partial charge in [0.2, 0.25) is 5.95 Å². The van der Waals surface area contributed by atoms with Gasteiger partial charge in [-0.2, -0.15) is 0 Å². The molecule has 0 saturated carbocycles. The van der Waals surface area contributed by atoms with Gasteiger partial charge < -0.3 is 9.88 Å². The maximum Gasteiger partial charge on any atom is 0.203 e. The van der Waals surface area contributed by atoms with E-state index >= 15 is 0 Å². The molecule has 15 heavy (non-hydrogen) atoms. The largest absolute Gasteiger partial charge is 0.359 e. The van der Waals surface area contributed by atoms with E-state index in [0.29, 0.717) is 6.04 Å². The number of hydrogen-bond acceptors (Lipinski definition) is 3. The number of nitrogens with zero attached hydrogens (tertiary/aromatic N) is 2. The van der Waals surface area contributed by atoms with Gasteiger partial charge in [0, 0.05) is 24.3 Å². The SMILES string of the molecule is CCC(c1cccs1)n1ccnc1NC. The second-order valence-corrected chi connectivity index (χ2v) is 4.33. The highest BCUT2D eigenvalue weighted by atomic mass is 32.1. The Morgan fingerprint density at radius 1 is 1.60 bits per heavy atom. The van der Waals surface area contributed by atoms with Crippen molar-refractivity contribution in [2.24, 2.45) is 0 Å². The van der Waals surface area contributed by atoms with Gasteiger partial charge in [-0.3, -0.25) is 0 Å². The molecule has 2 aromatic heterocycles. The van der Waals surface area contributed by atoms with Crippen LogP contribution in [0.25, 0.3) is 0 Å². The lowest BCUT2D eigenvalue weighted by Crippen LogP contribution is -2.10. The minimum absolute atomic E-state index is 0.398. The Bertz CT molecular complexity index is 405. The van der Waals surface area contributed by atoms with E-state index in [2.05, 4.69) is 39.3 Å². The Labute approximate surface area is 93.8 Å². The van der Waals surface area contributed by atoms with Crippen molar-refractivity contribution < 1.29 is 0 Å². The number of hydrogen-bond donors (Lipinski definition) is 1. The van der Waals surface area contributed by atoms with Crippen LogP contribution < -0.4 is 5.32 Å². The first kappa shape index (κ1) is 10.2. The van der Waals surface area contributed by atoms with Crippen molar-refractivity contribution in [3.63, 3.8) is 0 Å². The number of nitrogens with one attached hydrogen (secondary N) is 1. The summed E-state index contributed by atoms with van der Waals surface area (Å²) in [5.41, 5.74) is 0. The van der Waals surface area contributed by atoms with Gasteiger partial charge in [-0.05, 0) is 17.9 Å². The second-order valence-electron chi connectivity index (χ2n) is 3.35. The highest BCUT2D eigenvalue weighted by Gasteiger charge is 2.14. The molecule has 0 amide bonds. The molecule has 0 radical (unpaired) electrons. The number of imidazole rings is 1. The minimum Gasteiger partial charge on any atom is -0.359 e. The van der Waals surface area contributed by atoms with Crippen molar-refractivity contribution in [2.45, 2.75) is 19.4 Å². The fourth-order valence-corrected chi connectivity index (χ4v) is 2.68. The molecule has 0 fully saturated rings. The van der Waals surface area contributed by atoms with Crippen molar-refractivity contribution >= 4 is 17.3 Å². The predicted molar refractivity (Wildman–Crippen MR) is 64.5 cm³/mol. The zero-order valence-electron chi connectivity index (χ0n) is 8.97. The van der Waals surface area contributed by atoms with Crippen LogP contribution in [0, 0.1) is 0 Å². The van der Waals surface area contributed by atoms with E-state index in [9.17, 15) is 0 Å². The third-order valence-corrected chi connectivity index (χ3v) is 3.46. The smallest absolute Gasteiger partial charge is 0.203 e. The van der Waals surface area contributed by atoms with Crippen molar-refractivity contribution in [2.75, 3.05) is 12.4 Å². The number of rotatable bonds is 4. The lowest BCUT2D eigenvalue weighted by molar-refractivity contribution is 0.582. The zero-order chi connectivity index (χ0) is 10.7. The van der Waals surface area contributed by atoms with Crippen molar-refractivity contribution in [1.82, 2.24) is 9.55 Å². The average molecular weight is 221 g/mol. The molecule has 1 N–H and O–H groups in total. The molecule has 0 aliphatic carbocycles. The highest BCUT2D eigenvalue weighted by molar-refractivity contribution is 7.10. The van der Waals surface area contributed by atoms with E-state index in [1.165, 1.54) is 4.88 Å². The first-order valence-corrected chi connectivity index (χ1v) is 5.98. The van der Waals surface area contributed by atoms with E-state index in [-0.39, 0.29) is 0 Å². The monoisotopic (exact) mass is 221 g/mol. The van der Waals surface area contributed by atoms with E-state index in [1.807, 2.05) is 19.4 Å². The van der Waals surface area contributed by atoms with Gasteiger partial charge in [-0.15, -0.1) is 11.3 Å². The summed E-state index contributed by atoms with van der Waals surface area (Å²) in [6, 6.07) is 4.67. The molecule has 0 spiro atoms. The number of anilines is 1. The molecule has 2 aromatic rings. The van der Waals surface area contributed by atoms with Gasteiger partial charge in [-0.25, -0.2) is 4.98 Å². The summed E-state index contributed by atoms with van der Waals surface area (Å²) in [6.45, 7) is 2.20. The molecular weight excluding hydrogens is 206 g/mol. The minimum atomic E-state index is 0.398. The molecule has 0 aromatic carbocycles. The van der Waals surface area contributed by atoms with Crippen molar-refractivity contribution in [1.29, 1.82) is 0 Å². The molecule has 0 bridgehead atoms. The summed E-state index contributed by atoms with van der Waals surface area (Å²) >= 11 is 1.80. The lowest BCUT2D eigenvalue weighted by Gasteiger charge is -2.17. The molecule has 80 valence electrons. The van der Waals surface area contributed by atoms with Crippen molar-refractivity contribution in [3.05, 3.63) is 34.8 Å². The Morgan fingerprint density at radius 3 is 3.07 bits per heavy atom. The topological polar surface area (TPSA) is 29.9 Å². The van der Waals surface area contributed by atoms with E-state index < -0.39 is 0 Å². The molecule has 2 rings (SSSR count). The molecule has 1 unspecified atom stereocenters. The van der Waals surface area contributed by atoms with Crippen LogP contribution in [0.3, 0.4) is 0 Å². The summed E-state index contributed by atoms with van der Waals surface area (Å²) in [6.07, 6.45) is 4.94.